The summed E-state index contributed by atoms with van der Waals surface area (Å²) in [5, 5.41) is 34.6. The van der Waals surface area contributed by atoms with Crippen LogP contribution < -0.4 is 5.32 Å². The second-order valence-electron chi connectivity index (χ2n) is 15.8. The van der Waals surface area contributed by atoms with Gasteiger partial charge >= 0.3 is 12.2 Å². The molecule has 2 amide bonds. The van der Waals surface area contributed by atoms with Crippen LogP contribution in [-0.2, 0) is 20.8 Å². The number of hydrogen-bond donors (Lipinski definition) is 4. The van der Waals surface area contributed by atoms with Gasteiger partial charge in [0.2, 0.25) is 0 Å². The molecule has 4 N–H and O–H groups in total. The van der Waals surface area contributed by atoms with Gasteiger partial charge in [-0.25, -0.2) is 9.59 Å². The van der Waals surface area contributed by atoms with Crippen molar-refractivity contribution in [3.05, 3.63) is 35.9 Å². The third-order valence-electron chi connectivity index (χ3n) is 10.9. The van der Waals surface area contributed by atoms with Crippen LogP contribution in [0.5, 0.6) is 0 Å². The van der Waals surface area contributed by atoms with Gasteiger partial charge in [-0.1, -0.05) is 198 Å². The first kappa shape index (κ1) is 48.7. The van der Waals surface area contributed by atoms with Gasteiger partial charge < -0.3 is 34.8 Å². The number of carbonyl (C=O) groups excluding carboxylic acids is 2. The molecule has 0 aromatic heterocycles. The molecule has 1 fully saturated rings. The lowest BCUT2D eigenvalue weighted by molar-refractivity contribution is -0.225. The number of nitrogens with zero attached hydrogens (tertiary/aromatic N) is 1. The Kier molecular flexibility index (Phi) is 28.9. The predicted molar refractivity (Wildman–Crippen MR) is 221 cm³/mol. The fourth-order valence-corrected chi connectivity index (χ4v) is 7.41. The molecule has 1 aromatic carbocycles. The second kappa shape index (κ2) is 32.7. The maximum absolute atomic E-state index is 13.7. The van der Waals surface area contributed by atoms with Crippen molar-refractivity contribution in [3.63, 3.8) is 0 Å². The van der Waals surface area contributed by atoms with Gasteiger partial charge in [-0.2, -0.15) is 0 Å². The summed E-state index contributed by atoms with van der Waals surface area (Å²) in [7, 11) is 0. The van der Waals surface area contributed by atoms with Gasteiger partial charge in [0.25, 0.3) is 0 Å². The van der Waals surface area contributed by atoms with Crippen LogP contribution >= 0.6 is 0 Å². The number of amides is 2. The zero-order valence-corrected chi connectivity index (χ0v) is 34.8. The van der Waals surface area contributed by atoms with Gasteiger partial charge in [-0.3, -0.25) is 4.90 Å². The largest absolute Gasteiger partial charge is 0.449 e. The van der Waals surface area contributed by atoms with E-state index in [0.717, 1.165) is 44.1 Å². The Balaban J connectivity index is 1.89. The lowest BCUT2D eigenvalue weighted by Gasteiger charge is -2.46. The van der Waals surface area contributed by atoms with E-state index in [4.69, 9.17) is 14.2 Å². The van der Waals surface area contributed by atoms with E-state index in [1.54, 1.807) is 0 Å². The summed E-state index contributed by atoms with van der Waals surface area (Å²) in [6.45, 7) is 4.46. The quantitative estimate of drug-likeness (QED) is 0.0518. The fourth-order valence-electron chi connectivity index (χ4n) is 7.41. The van der Waals surface area contributed by atoms with Crippen molar-refractivity contribution in [3.8, 4) is 0 Å². The topological polar surface area (TPSA) is 138 Å². The van der Waals surface area contributed by atoms with Crippen LogP contribution in [0.3, 0.4) is 0 Å². The Morgan fingerprint density at radius 3 is 1.56 bits per heavy atom. The molecule has 0 saturated carbocycles. The number of carbonyl (C=O) groups is 2. The van der Waals surface area contributed by atoms with E-state index < -0.39 is 49.4 Å². The Bertz CT molecular complexity index is 1060. The van der Waals surface area contributed by atoms with Crippen molar-refractivity contribution in [2.24, 2.45) is 0 Å². The third-order valence-corrected chi connectivity index (χ3v) is 10.9. The molecule has 5 atom stereocenters. The van der Waals surface area contributed by atoms with Gasteiger partial charge in [-0.15, -0.1) is 0 Å². The van der Waals surface area contributed by atoms with E-state index in [-0.39, 0.29) is 19.8 Å². The molecular formula is C45H80N2O8. The molecule has 55 heavy (non-hydrogen) atoms. The molecule has 1 aromatic rings. The molecule has 0 radical (unpaired) electrons. The van der Waals surface area contributed by atoms with Crippen molar-refractivity contribution in [2.45, 2.75) is 218 Å². The zero-order chi connectivity index (χ0) is 39.8. The number of benzene rings is 1. The first-order valence-electron chi connectivity index (χ1n) is 22.5. The van der Waals surface area contributed by atoms with E-state index in [1.165, 1.54) is 127 Å². The Morgan fingerprint density at radius 2 is 1.09 bits per heavy atom. The number of aliphatic hydroxyl groups is 3. The van der Waals surface area contributed by atoms with Crippen LogP contribution in [0.2, 0.25) is 0 Å². The molecule has 1 aliphatic rings. The standard InChI is InChI=1S/C45H80N2O8/c1-3-5-7-9-11-13-15-16-17-18-19-20-21-23-25-30-34-47(45(52)53-35-31-26-24-22-14-12-10-8-6-4-2)43-40(42(50)41(49)39(36-48)55-43)46-44(51)54-37-38-32-28-27-29-33-38/h27-29,32-33,39-43,48-50H,3-26,30-31,34-37H2,1-2H3,(H,46,51)/t39-,40-,41-,42-,43-/m1/s1. The SMILES string of the molecule is CCCCCCCCCCCCCCCCCCN(C(=O)OCCCCCCCCCCCC)[C@@H]1O[C@H](CO)[C@@H](O)[C@H](O)[C@H]1NC(=O)OCc1ccccc1. The first-order valence-corrected chi connectivity index (χ1v) is 22.5. The number of unbranched alkanes of at least 4 members (excludes halogenated alkanes) is 24. The first-order chi connectivity index (χ1) is 26.9. The summed E-state index contributed by atoms with van der Waals surface area (Å²) >= 11 is 0. The van der Waals surface area contributed by atoms with Gasteiger partial charge in [-0.05, 0) is 18.4 Å². The van der Waals surface area contributed by atoms with E-state index in [1.807, 2.05) is 30.3 Å². The van der Waals surface area contributed by atoms with Crippen LogP contribution in [0.15, 0.2) is 30.3 Å². The predicted octanol–water partition coefficient (Wildman–Crippen LogP) is 10.3. The maximum atomic E-state index is 13.7. The second-order valence-corrected chi connectivity index (χ2v) is 15.8. The van der Waals surface area contributed by atoms with Gasteiger partial charge in [0.15, 0.2) is 6.23 Å². The van der Waals surface area contributed by atoms with Crippen molar-refractivity contribution in [1.29, 1.82) is 0 Å². The third kappa shape index (κ3) is 22.2. The Hall–Kier alpha value is -2.40. The van der Waals surface area contributed by atoms with Crippen LogP contribution in [0, 0.1) is 0 Å². The van der Waals surface area contributed by atoms with E-state index in [9.17, 15) is 24.9 Å². The molecule has 318 valence electrons. The number of alkyl carbamates (subject to hydrolysis) is 1. The molecule has 0 bridgehead atoms. The van der Waals surface area contributed by atoms with Crippen molar-refractivity contribution >= 4 is 12.2 Å². The van der Waals surface area contributed by atoms with Crippen molar-refractivity contribution in [2.75, 3.05) is 19.8 Å². The van der Waals surface area contributed by atoms with Crippen molar-refractivity contribution < 1.29 is 39.1 Å². The molecule has 0 aliphatic carbocycles. The molecular weight excluding hydrogens is 697 g/mol. The summed E-state index contributed by atoms with van der Waals surface area (Å²) in [5.41, 5.74) is 0.788. The molecule has 10 nitrogen and oxygen atoms in total. The van der Waals surface area contributed by atoms with E-state index in [0.29, 0.717) is 6.42 Å². The highest BCUT2D eigenvalue weighted by Crippen LogP contribution is 2.26. The molecule has 2 rings (SSSR count). The summed E-state index contributed by atoms with van der Waals surface area (Å²) in [5.74, 6) is 0. The summed E-state index contributed by atoms with van der Waals surface area (Å²) < 4.78 is 17.2. The number of ether oxygens (including phenoxy) is 3. The summed E-state index contributed by atoms with van der Waals surface area (Å²) in [6, 6.07) is 7.99. The van der Waals surface area contributed by atoms with E-state index in [2.05, 4.69) is 19.2 Å². The number of nitrogens with one attached hydrogen (secondary N) is 1. The normalized spacial score (nSPS) is 19.6. The zero-order valence-electron chi connectivity index (χ0n) is 34.8. The lowest BCUT2D eigenvalue weighted by Crippen LogP contribution is -2.69. The number of hydrogen-bond acceptors (Lipinski definition) is 8. The smallest absolute Gasteiger partial charge is 0.411 e. The minimum Gasteiger partial charge on any atom is -0.449 e. The fraction of sp³-hybridized carbons (Fsp3) is 0.822. The number of rotatable bonds is 33. The molecule has 0 spiro atoms. The minimum atomic E-state index is -1.52. The Morgan fingerprint density at radius 1 is 0.636 bits per heavy atom. The highest BCUT2D eigenvalue weighted by molar-refractivity contribution is 5.69. The summed E-state index contributed by atoms with van der Waals surface area (Å²) in [4.78, 5) is 28.1. The average molecular weight is 777 g/mol. The van der Waals surface area contributed by atoms with Crippen LogP contribution in [0.4, 0.5) is 9.59 Å². The van der Waals surface area contributed by atoms with Gasteiger partial charge in [0.1, 0.15) is 31.0 Å². The monoisotopic (exact) mass is 777 g/mol. The average Bonchev–Trinajstić information content (AvgIpc) is 3.20. The van der Waals surface area contributed by atoms with Crippen molar-refractivity contribution in [1.82, 2.24) is 10.2 Å². The highest BCUT2D eigenvalue weighted by atomic mass is 16.6. The van der Waals surface area contributed by atoms with Crippen LogP contribution in [0.1, 0.15) is 186 Å². The highest BCUT2D eigenvalue weighted by Gasteiger charge is 2.48. The van der Waals surface area contributed by atoms with Gasteiger partial charge in [0.05, 0.1) is 13.2 Å². The molecule has 1 saturated heterocycles. The summed E-state index contributed by atoms with van der Waals surface area (Å²) in [6.07, 6.45) is 24.6. The molecule has 1 heterocycles. The lowest BCUT2D eigenvalue weighted by atomic mass is 9.95. The minimum absolute atomic E-state index is 0.00658. The van der Waals surface area contributed by atoms with E-state index >= 15 is 0 Å². The number of aliphatic hydroxyl groups excluding tert-OH is 3. The molecule has 0 unspecified atom stereocenters. The molecule has 10 heteroatoms. The van der Waals surface area contributed by atoms with Gasteiger partial charge in [0, 0.05) is 6.54 Å². The Labute approximate surface area is 334 Å². The molecule has 1 aliphatic heterocycles. The van der Waals surface area contributed by atoms with Crippen LogP contribution in [-0.4, -0.2) is 82.7 Å². The maximum Gasteiger partial charge on any atom is 0.411 e. The van der Waals surface area contributed by atoms with Crippen LogP contribution in [0.25, 0.3) is 0 Å².